The smallest absolute Gasteiger partial charge is 0.407 e. The lowest BCUT2D eigenvalue weighted by Gasteiger charge is -2.27. The molecule has 2 aliphatic rings. The van der Waals surface area contributed by atoms with E-state index in [4.69, 9.17) is 14.6 Å². The number of fused-ring (bicyclic) bond motifs is 3. The summed E-state index contributed by atoms with van der Waals surface area (Å²) in [7, 11) is 0. The molecule has 1 fully saturated rings. The summed E-state index contributed by atoms with van der Waals surface area (Å²) in [5.74, 6) is -1.07. The number of amides is 2. The third-order valence-corrected chi connectivity index (χ3v) is 6.74. The van der Waals surface area contributed by atoms with Crippen molar-refractivity contribution in [2.24, 2.45) is 0 Å². The number of nitrogens with zero attached hydrogens (tertiary/aromatic N) is 1. The maximum atomic E-state index is 13.0. The number of carboxylic acid groups (broad SMARTS) is 1. The largest absolute Gasteiger partial charge is 0.481 e. The molecule has 2 atom stereocenters. The molecule has 0 unspecified atom stereocenters. The molecule has 35 heavy (non-hydrogen) atoms. The molecule has 4 rings (SSSR count). The summed E-state index contributed by atoms with van der Waals surface area (Å²) in [5, 5.41) is 11.6. The molecule has 186 valence electrons. The number of ether oxygens (including phenoxy) is 2. The van der Waals surface area contributed by atoms with Crippen molar-refractivity contribution < 1.29 is 29.0 Å². The van der Waals surface area contributed by atoms with Crippen LogP contribution in [0.15, 0.2) is 48.5 Å². The Bertz CT molecular complexity index is 1030. The minimum atomic E-state index is -0.842. The van der Waals surface area contributed by atoms with Gasteiger partial charge in [-0.25, -0.2) is 4.79 Å². The highest BCUT2D eigenvalue weighted by atomic mass is 16.6. The van der Waals surface area contributed by atoms with E-state index in [1.807, 2.05) is 31.2 Å². The summed E-state index contributed by atoms with van der Waals surface area (Å²) in [5.41, 5.74) is 4.60. The van der Waals surface area contributed by atoms with Crippen LogP contribution in [-0.2, 0) is 19.1 Å². The quantitative estimate of drug-likeness (QED) is 0.502. The molecule has 0 bridgehead atoms. The van der Waals surface area contributed by atoms with Crippen LogP contribution >= 0.6 is 0 Å². The van der Waals surface area contributed by atoms with E-state index in [9.17, 15) is 14.4 Å². The second-order valence-electron chi connectivity index (χ2n) is 8.93. The lowest BCUT2D eigenvalue weighted by Crippen LogP contribution is -2.50. The molecule has 1 aliphatic carbocycles. The number of aliphatic carboxylic acids is 1. The highest BCUT2D eigenvalue weighted by molar-refractivity contribution is 5.83. The molecular formula is C27H32N2O6. The maximum absolute atomic E-state index is 13.0. The molecule has 0 radical (unpaired) electrons. The number of carbonyl (C=O) groups excluding carboxylic acids is 2. The third kappa shape index (κ3) is 5.65. The number of hydrogen-bond donors (Lipinski definition) is 2. The number of likely N-dealkylation sites (N-methyl/N-ethyl adjacent to an activating group) is 1. The van der Waals surface area contributed by atoms with Gasteiger partial charge in [0, 0.05) is 32.0 Å². The van der Waals surface area contributed by atoms with Crippen molar-refractivity contribution in [3.63, 3.8) is 0 Å². The summed E-state index contributed by atoms with van der Waals surface area (Å²) in [4.78, 5) is 38.1. The second-order valence-corrected chi connectivity index (χ2v) is 8.93. The molecule has 8 nitrogen and oxygen atoms in total. The highest BCUT2D eigenvalue weighted by Gasteiger charge is 2.38. The van der Waals surface area contributed by atoms with E-state index < -0.39 is 24.2 Å². The number of benzene rings is 2. The van der Waals surface area contributed by atoms with E-state index >= 15 is 0 Å². The summed E-state index contributed by atoms with van der Waals surface area (Å²) >= 11 is 0. The Morgan fingerprint density at radius 2 is 1.71 bits per heavy atom. The van der Waals surface area contributed by atoms with Crippen LogP contribution in [0.25, 0.3) is 11.1 Å². The van der Waals surface area contributed by atoms with E-state index in [0.717, 1.165) is 22.3 Å². The van der Waals surface area contributed by atoms with Gasteiger partial charge in [0.2, 0.25) is 0 Å². The molecule has 0 spiro atoms. The fraction of sp³-hybridized carbons (Fsp3) is 0.444. The van der Waals surface area contributed by atoms with Gasteiger partial charge in [0.05, 0.1) is 6.04 Å². The molecule has 1 saturated heterocycles. The fourth-order valence-corrected chi connectivity index (χ4v) is 4.96. The molecule has 2 amide bonds. The van der Waals surface area contributed by atoms with Gasteiger partial charge in [0.1, 0.15) is 6.61 Å². The van der Waals surface area contributed by atoms with Crippen LogP contribution in [0.3, 0.4) is 0 Å². The molecule has 0 aromatic heterocycles. The maximum Gasteiger partial charge on any atom is 0.407 e. The molecule has 8 heteroatoms. The standard InChI is InChI=1S/C27H32N2O6/c1-2-29(15-8-7-13-24(30)31)26(32)25-23(14-16-34-25)28-27(33)35-17-22-20-11-5-3-9-18(20)19-10-4-6-12-21(19)22/h3-6,9-12,22-23,25H,2,7-8,13-17H2,1H3,(H,28,33)(H,30,31)/t23-,25+/m1/s1. The van der Waals surface area contributed by atoms with Crippen molar-refractivity contribution in [1.82, 2.24) is 10.2 Å². The minimum absolute atomic E-state index is 0.0354. The Labute approximate surface area is 205 Å². The zero-order chi connectivity index (χ0) is 24.8. The number of hydrogen-bond acceptors (Lipinski definition) is 5. The number of unbranched alkanes of at least 4 members (excludes halogenated alkanes) is 1. The lowest BCUT2D eigenvalue weighted by molar-refractivity contribution is -0.141. The highest BCUT2D eigenvalue weighted by Crippen LogP contribution is 2.44. The van der Waals surface area contributed by atoms with Crippen molar-refractivity contribution >= 4 is 18.0 Å². The molecule has 0 saturated carbocycles. The molecule has 2 N–H and O–H groups in total. The van der Waals surface area contributed by atoms with Crippen LogP contribution in [-0.4, -0.2) is 66.4 Å². The average molecular weight is 481 g/mol. The van der Waals surface area contributed by atoms with E-state index in [2.05, 4.69) is 29.6 Å². The normalized spacial score (nSPS) is 18.5. The van der Waals surface area contributed by atoms with Crippen molar-refractivity contribution in [1.29, 1.82) is 0 Å². The van der Waals surface area contributed by atoms with E-state index in [1.54, 1.807) is 4.90 Å². The van der Waals surface area contributed by atoms with Crippen LogP contribution in [0.4, 0.5) is 4.79 Å². The Balaban J connectivity index is 1.32. The van der Waals surface area contributed by atoms with Crippen molar-refractivity contribution in [3.8, 4) is 11.1 Å². The fourth-order valence-electron chi connectivity index (χ4n) is 4.96. The third-order valence-electron chi connectivity index (χ3n) is 6.74. The number of nitrogens with one attached hydrogen (secondary N) is 1. The van der Waals surface area contributed by atoms with Gasteiger partial charge < -0.3 is 24.8 Å². The van der Waals surface area contributed by atoms with Gasteiger partial charge in [-0.05, 0) is 48.4 Å². The lowest BCUT2D eigenvalue weighted by atomic mass is 9.98. The number of carbonyl (C=O) groups is 3. The number of carboxylic acids is 1. The first-order valence-electron chi connectivity index (χ1n) is 12.2. The van der Waals surface area contributed by atoms with Gasteiger partial charge in [-0.2, -0.15) is 0 Å². The summed E-state index contributed by atoms with van der Waals surface area (Å²) in [6, 6.07) is 15.8. The van der Waals surface area contributed by atoms with Crippen molar-refractivity contribution in [3.05, 3.63) is 59.7 Å². The predicted octanol–water partition coefficient (Wildman–Crippen LogP) is 3.79. The summed E-state index contributed by atoms with van der Waals surface area (Å²) < 4.78 is 11.3. The number of rotatable bonds is 10. The van der Waals surface area contributed by atoms with Crippen LogP contribution < -0.4 is 5.32 Å². The topological polar surface area (TPSA) is 105 Å². The molecule has 1 heterocycles. The van der Waals surface area contributed by atoms with E-state index in [0.29, 0.717) is 39.0 Å². The van der Waals surface area contributed by atoms with Crippen LogP contribution in [0, 0.1) is 0 Å². The molecule has 2 aromatic rings. The van der Waals surface area contributed by atoms with Gasteiger partial charge >= 0.3 is 12.1 Å². The Kier molecular flexibility index (Phi) is 8.02. The Morgan fingerprint density at radius 3 is 2.34 bits per heavy atom. The Morgan fingerprint density at radius 1 is 1.06 bits per heavy atom. The van der Waals surface area contributed by atoms with Crippen LogP contribution in [0.5, 0.6) is 0 Å². The summed E-state index contributed by atoms with van der Waals surface area (Å²) in [6.07, 6.45) is 0.379. The van der Waals surface area contributed by atoms with Crippen molar-refractivity contribution in [2.45, 2.75) is 50.7 Å². The zero-order valence-corrected chi connectivity index (χ0v) is 19.9. The first-order valence-corrected chi connectivity index (χ1v) is 12.2. The monoisotopic (exact) mass is 480 g/mol. The second kappa shape index (κ2) is 11.4. The van der Waals surface area contributed by atoms with Gasteiger partial charge in [0.25, 0.3) is 5.91 Å². The summed E-state index contributed by atoms with van der Waals surface area (Å²) in [6.45, 7) is 3.40. The predicted molar refractivity (Wildman–Crippen MR) is 130 cm³/mol. The first kappa shape index (κ1) is 24.7. The Hall–Kier alpha value is -3.39. The van der Waals surface area contributed by atoms with Crippen molar-refractivity contribution in [2.75, 3.05) is 26.3 Å². The van der Waals surface area contributed by atoms with Crippen LogP contribution in [0.2, 0.25) is 0 Å². The van der Waals surface area contributed by atoms with Gasteiger partial charge in [-0.1, -0.05) is 48.5 Å². The first-order chi connectivity index (χ1) is 17.0. The SMILES string of the molecule is CCN(CCCCC(=O)O)C(=O)[C@H]1OCC[C@H]1NC(=O)OCC1c2ccccc2-c2ccccc21. The van der Waals surface area contributed by atoms with E-state index in [-0.39, 0.29) is 24.9 Å². The van der Waals surface area contributed by atoms with Gasteiger partial charge in [0.15, 0.2) is 6.10 Å². The average Bonchev–Trinajstić information content (AvgIpc) is 3.44. The molecular weight excluding hydrogens is 448 g/mol. The van der Waals surface area contributed by atoms with E-state index in [1.165, 1.54) is 0 Å². The molecule has 2 aromatic carbocycles. The van der Waals surface area contributed by atoms with Crippen LogP contribution in [0.1, 0.15) is 49.7 Å². The number of alkyl carbamates (subject to hydrolysis) is 1. The minimum Gasteiger partial charge on any atom is -0.481 e. The molecule has 1 aliphatic heterocycles. The van der Waals surface area contributed by atoms with Gasteiger partial charge in [-0.3, -0.25) is 9.59 Å². The van der Waals surface area contributed by atoms with Gasteiger partial charge in [-0.15, -0.1) is 0 Å². The zero-order valence-electron chi connectivity index (χ0n) is 19.9.